The molecule has 2 aliphatic heterocycles. The van der Waals surface area contributed by atoms with Crippen molar-refractivity contribution in [3.05, 3.63) is 0 Å². The minimum atomic E-state index is 0.157. The van der Waals surface area contributed by atoms with Crippen molar-refractivity contribution in [3.8, 4) is 0 Å². The molecule has 21 heavy (non-hydrogen) atoms. The molecule has 2 heterocycles. The van der Waals surface area contributed by atoms with Crippen LogP contribution in [0.5, 0.6) is 0 Å². The molecule has 114 valence electrons. The third-order valence-electron chi connectivity index (χ3n) is 6.55. The maximum absolute atomic E-state index is 11.9. The number of carbonyl (C=O) groups excluding carboxylic acids is 1. The Balaban J connectivity index is 1.31. The van der Waals surface area contributed by atoms with Gasteiger partial charge in [-0.15, -0.1) is 0 Å². The van der Waals surface area contributed by atoms with Gasteiger partial charge in [0.25, 0.3) is 0 Å². The van der Waals surface area contributed by atoms with Crippen molar-refractivity contribution in [1.82, 2.24) is 16.0 Å². The van der Waals surface area contributed by atoms with Gasteiger partial charge in [0.05, 0.1) is 7.85 Å². The van der Waals surface area contributed by atoms with Gasteiger partial charge in [-0.3, -0.25) is 4.79 Å². The van der Waals surface area contributed by atoms with Crippen molar-refractivity contribution < 1.29 is 4.79 Å². The molecular formula is C16H26BN3O. The van der Waals surface area contributed by atoms with Gasteiger partial charge in [0.15, 0.2) is 0 Å². The first kappa shape index (κ1) is 14.1. The summed E-state index contributed by atoms with van der Waals surface area (Å²) in [6.45, 7) is 1.23. The van der Waals surface area contributed by atoms with Gasteiger partial charge in [-0.2, -0.15) is 0 Å². The van der Waals surface area contributed by atoms with E-state index >= 15 is 0 Å². The molecule has 0 unspecified atom stereocenters. The maximum Gasteiger partial charge on any atom is 0.222 e. The van der Waals surface area contributed by atoms with Crippen LogP contribution in [0.3, 0.4) is 0 Å². The molecule has 0 aromatic carbocycles. The molecule has 2 saturated carbocycles. The highest BCUT2D eigenvalue weighted by Gasteiger charge is 2.48. The zero-order valence-corrected chi connectivity index (χ0v) is 12.7. The molecule has 0 aromatic heterocycles. The van der Waals surface area contributed by atoms with Gasteiger partial charge in [-0.1, -0.05) is 0 Å². The molecule has 2 aliphatic carbocycles. The second-order valence-electron chi connectivity index (χ2n) is 7.63. The molecule has 0 bridgehead atoms. The molecule has 4 nitrogen and oxygen atoms in total. The van der Waals surface area contributed by atoms with Crippen LogP contribution in [0.2, 0.25) is 0 Å². The second kappa shape index (κ2) is 5.58. The first-order chi connectivity index (χ1) is 10.2. The van der Waals surface area contributed by atoms with Crippen LogP contribution in [-0.2, 0) is 4.79 Å². The lowest BCUT2D eigenvalue weighted by Gasteiger charge is -2.22. The number of fused-ring (bicyclic) bond motifs is 2. The fourth-order valence-electron chi connectivity index (χ4n) is 5.57. The summed E-state index contributed by atoms with van der Waals surface area (Å²) in [5.41, 5.74) is 0. The van der Waals surface area contributed by atoms with E-state index in [0.717, 1.165) is 30.7 Å². The summed E-state index contributed by atoms with van der Waals surface area (Å²) in [5.74, 6) is 2.83. The summed E-state index contributed by atoms with van der Waals surface area (Å²) in [7, 11) is 5.41. The van der Waals surface area contributed by atoms with E-state index in [2.05, 4.69) is 16.0 Å². The van der Waals surface area contributed by atoms with Crippen molar-refractivity contribution in [2.24, 2.45) is 23.7 Å². The maximum atomic E-state index is 11.9. The lowest BCUT2D eigenvalue weighted by atomic mass is 9.90. The largest absolute Gasteiger partial charge is 0.365 e. The van der Waals surface area contributed by atoms with Crippen LogP contribution >= 0.6 is 0 Å². The second-order valence-corrected chi connectivity index (χ2v) is 7.63. The molecular weight excluding hydrogens is 261 g/mol. The van der Waals surface area contributed by atoms with Crippen LogP contribution in [0.15, 0.2) is 0 Å². The fourth-order valence-corrected chi connectivity index (χ4v) is 5.57. The lowest BCUT2D eigenvalue weighted by molar-refractivity contribution is -0.124. The first-order valence-corrected chi connectivity index (χ1v) is 8.71. The summed E-state index contributed by atoms with van der Waals surface area (Å²) in [4.78, 5) is 11.9. The van der Waals surface area contributed by atoms with Crippen molar-refractivity contribution >= 4 is 13.8 Å². The number of hydrogen-bond acceptors (Lipinski definition) is 3. The fraction of sp³-hybridized carbons (Fsp3) is 0.938. The number of rotatable bonds is 3. The molecule has 0 aromatic rings. The molecule has 2 radical (unpaired) electrons. The highest BCUT2D eigenvalue weighted by molar-refractivity contribution is 6.10. The van der Waals surface area contributed by atoms with E-state index in [9.17, 15) is 4.79 Å². The molecule has 5 heteroatoms. The first-order valence-electron chi connectivity index (χ1n) is 8.71. The quantitative estimate of drug-likeness (QED) is 0.658. The molecule has 4 rings (SSSR count). The van der Waals surface area contributed by atoms with Crippen molar-refractivity contribution in [2.45, 2.75) is 56.7 Å². The van der Waals surface area contributed by atoms with E-state index in [1.54, 1.807) is 0 Å². The van der Waals surface area contributed by atoms with Gasteiger partial charge >= 0.3 is 0 Å². The minimum absolute atomic E-state index is 0.157. The van der Waals surface area contributed by atoms with E-state index in [0.29, 0.717) is 18.0 Å². The monoisotopic (exact) mass is 287 g/mol. The van der Waals surface area contributed by atoms with E-state index in [-0.39, 0.29) is 18.3 Å². The molecule has 2 saturated heterocycles. The highest BCUT2D eigenvalue weighted by atomic mass is 16.1. The molecule has 0 spiro atoms. The topological polar surface area (TPSA) is 53.2 Å². The number of amides is 1. The van der Waals surface area contributed by atoms with Gasteiger partial charge in [0.1, 0.15) is 0 Å². The van der Waals surface area contributed by atoms with E-state index in [4.69, 9.17) is 7.85 Å². The zero-order valence-electron chi connectivity index (χ0n) is 12.7. The van der Waals surface area contributed by atoms with Crippen LogP contribution in [-0.4, -0.2) is 44.9 Å². The Morgan fingerprint density at radius 1 is 1.00 bits per heavy atom. The van der Waals surface area contributed by atoms with Gasteiger partial charge < -0.3 is 16.0 Å². The van der Waals surface area contributed by atoms with E-state index in [1.807, 2.05) is 0 Å². The van der Waals surface area contributed by atoms with Crippen LogP contribution in [0.1, 0.15) is 38.5 Å². The van der Waals surface area contributed by atoms with Gasteiger partial charge in [0, 0.05) is 24.0 Å². The van der Waals surface area contributed by atoms with Crippen LogP contribution < -0.4 is 16.0 Å². The summed E-state index contributed by atoms with van der Waals surface area (Å²) in [6.07, 6.45) is 7.75. The standard InChI is InChI=1S/C16H26BN3O/c17-8-19-16(21)12-4-11-6-14(20-15(11)7-12)10-3-9-1-2-18-13(9)5-10/h9-15,18,20H,1-8H2,(H,19,21)/t9-,10+,11+,12+,13+,14+,15+/m1/s1. The van der Waals surface area contributed by atoms with Crippen molar-refractivity contribution in [2.75, 3.05) is 13.0 Å². The van der Waals surface area contributed by atoms with E-state index < -0.39 is 0 Å². The predicted molar refractivity (Wildman–Crippen MR) is 82.9 cm³/mol. The smallest absolute Gasteiger partial charge is 0.222 e. The Morgan fingerprint density at radius 2 is 1.76 bits per heavy atom. The number of carbonyl (C=O) groups is 1. The summed E-state index contributed by atoms with van der Waals surface area (Å²) in [5, 5.41) is 10.3. The van der Waals surface area contributed by atoms with Gasteiger partial charge in [0.2, 0.25) is 5.91 Å². The third-order valence-corrected chi connectivity index (χ3v) is 6.55. The lowest BCUT2D eigenvalue weighted by Crippen LogP contribution is -2.37. The van der Waals surface area contributed by atoms with Crippen molar-refractivity contribution in [1.29, 1.82) is 0 Å². The Morgan fingerprint density at radius 3 is 2.52 bits per heavy atom. The van der Waals surface area contributed by atoms with Gasteiger partial charge in [-0.05, 0) is 69.3 Å². The summed E-state index contributed by atoms with van der Waals surface area (Å²) < 4.78 is 0. The van der Waals surface area contributed by atoms with Crippen molar-refractivity contribution in [3.63, 3.8) is 0 Å². The van der Waals surface area contributed by atoms with Crippen LogP contribution in [0.25, 0.3) is 0 Å². The van der Waals surface area contributed by atoms with Gasteiger partial charge in [-0.25, -0.2) is 0 Å². The summed E-state index contributed by atoms with van der Waals surface area (Å²) >= 11 is 0. The Bertz CT molecular complexity index is 392. The average molecular weight is 287 g/mol. The molecule has 3 N–H and O–H groups in total. The molecule has 7 atom stereocenters. The summed E-state index contributed by atoms with van der Waals surface area (Å²) in [6, 6.07) is 2.06. The predicted octanol–water partition coefficient (Wildman–Crippen LogP) is 0.373. The molecule has 1 amide bonds. The average Bonchev–Trinajstić information content (AvgIpc) is 3.16. The molecule has 4 fully saturated rings. The minimum Gasteiger partial charge on any atom is -0.365 e. The zero-order chi connectivity index (χ0) is 14.4. The Labute approximate surface area is 128 Å². The highest BCUT2D eigenvalue weighted by Crippen LogP contribution is 2.45. The molecule has 4 aliphatic rings. The van der Waals surface area contributed by atoms with E-state index in [1.165, 1.54) is 32.2 Å². The third kappa shape index (κ3) is 2.52. The Kier molecular flexibility index (Phi) is 3.74. The SMILES string of the molecule is [B]CNC(=O)[C@H]1C[C@H]2C[C@@H]([C@H]3C[C@H]4CCN[C@H]4C3)N[C@H]2C1. The van der Waals surface area contributed by atoms with Crippen LogP contribution in [0, 0.1) is 23.7 Å². The number of nitrogens with one attached hydrogen (secondary N) is 3. The Hall–Kier alpha value is -0.545. The van der Waals surface area contributed by atoms with Crippen LogP contribution in [0.4, 0.5) is 0 Å². The number of hydrogen-bond donors (Lipinski definition) is 3. The normalized spacial score (nSPS) is 48.3.